The molecular formula is C29H42N6O. The largest absolute Gasteiger partial charge is 0.356 e. The Labute approximate surface area is 216 Å². The molecule has 2 atom stereocenters. The molecule has 194 valence electrons. The van der Waals surface area contributed by atoms with Crippen molar-refractivity contribution in [3.05, 3.63) is 47.7 Å². The highest BCUT2D eigenvalue weighted by atomic mass is 16.2. The quantitative estimate of drug-likeness (QED) is 0.653. The van der Waals surface area contributed by atoms with E-state index in [1.807, 2.05) is 30.5 Å². The molecule has 1 N–H and O–H groups in total. The summed E-state index contributed by atoms with van der Waals surface area (Å²) in [6, 6.07) is 10.8. The number of carbonyl (C=O) groups excluding carboxylic acids is 1. The molecule has 7 heteroatoms. The van der Waals surface area contributed by atoms with Crippen LogP contribution in [0, 0.1) is 6.92 Å². The Bertz CT molecular complexity index is 988. The first-order chi connectivity index (χ1) is 17.7. The Morgan fingerprint density at radius 2 is 1.64 bits per heavy atom. The van der Waals surface area contributed by atoms with Crippen LogP contribution in [0.1, 0.15) is 73.7 Å². The molecule has 1 amide bonds. The van der Waals surface area contributed by atoms with Gasteiger partial charge in [0.25, 0.3) is 5.91 Å². The van der Waals surface area contributed by atoms with E-state index in [2.05, 4.69) is 38.0 Å². The molecule has 3 aliphatic rings. The normalized spacial score (nSPS) is 24.1. The first-order valence-electron chi connectivity index (χ1n) is 14.1. The van der Waals surface area contributed by atoms with Gasteiger partial charge in [-0.2, -0.15) is 4.98 Å². The van der Waals surface area contributed by atoms with E-state index in [4.69, 9.17) is 4.98 Å². The van der Waals surface area contributed by atoms with Gasteiger partial charge in [0, 0.05) is 56.6 Å². The zero-order valence-electron chi connectivity index (χ0n) is 21.9. The molecule has 1 aromatic heterocycles. The summed E-state index contributed by atoms with van der Waals surface area (Å²) in [5.74, 6) is 1.98. The lowest BCUT2D eigenvalue weighted by molar-refractivity contribution is 0.0575. The summed E-state index contributed by atoms with van der Waals surface area (Å²) in [7, 11) is 0. The molecule has 2 aromatic rings. The molecule has 36 heavy (non-hydrogen) atoms. The minimum Gasteiger partial charge on any atom is -0.356 e. The number of aromatic nitrogens is 2. The molecular weight excluding hydrogens is 448 g/mol. The van der Waals surface area contributed by atoms with Gasteiger partial charge in [-0.25, -0.2) is 4.98 Å². The summed E-state index contributed by atoms with van der Waals surface area (Å²) in [5, 5.41) is 3.68. The fourth-order valence-electron chi connectivity index (χ4n) is 6.01. The van der Waals surface area contributed by atoms with Gasteiger partial charge in [-0.3, -0.25) is 9.69 Å². The number of benzene rings is 1. The van der Waals surface area contributed by atoms with E-state index in [0.29, 0.717) is 12.1 Å². The number of rotatable bonds is 5. The molecule has 0 spiro atoms. The Balaban J connectivity index is 1.21. The van der Waals surface area contributed by atoms with Gasteiger partial charge in [0.1, 0.15) is 5.82 Å². The van der Waals surface area contributed by atoms with Crippen molar-refractivity contribution < 1.29 is 4.79 Å². The Hall–Kier alpha value is -2.67. The predicted octanol–water partition coefficient (Wildman–Crippen LogP) is 4.74. The van der Waals surface area contributed by atoms with Crippen LogP contribution in [0.25, 0.3) is 0 Å². The van der Waals surface area contributed by atoms with Crippen molar-refractivity contribution in [2.75, 3.05) is 49.5 Å². The number of likely N-dealkylation sites (tertiary alicyclic amines) is 2. The van der Waals surface area contributed by atoms with Crippen molar-refractivity contribution in [3.8, 4) is 0 Å². The van der Waals surface area contributed by atoms with Crippen molar-refractivity contribution in [3.63, 3.8) is 0 Å². The molecule has 1 aromatic carbocycles. The van der Waals surface area contributed by atoms with Gasteiger partial charge in [-0.15, -0.1) is 0 Å². The standard InChI is InChI=1S/C29H42N6O/c1-23-11-13-24(14-12-23)28(36)35-20-8-10-26(22-35)34-19-7-4-9-25(21-34)31-29-30-16-15-27(32-29)33-17-5-2-3-6-18-33/h11-16,25-26H,2-10,17-22H2,1H3,(H,30,31,32). The summed E-state index contributed by atoms with van der Waals surface area (Å²) in [5.41, 5.74) is 1.99. The number of nitrogens with one attached hydrogen (secondary N) is 1. The predicted molar refractivity (Wildman–Crippen MR) is 146 cm³/mol. The average molecular weight is 491 g/mol. The van der Waals surface area contributed by atoms with E-state index in [1.165, 1.54) is 44.1 Å². The maximum Gasteiger partial charge on any atom is 0.253 e. The molecule has 0 saturated carbocycles. The first kappa shape index (κ1) is 25.0. The van der Waals surface area contributed by atoms with E-state index in [9.17, 15) is 4.79 Å². The van der Waals surface area contributed by atoms with Gasteiger partial charge in [-0.05, 0) is 70.2 Å². The molecule has 7 nitrogen and oxygen atoms in total. The van der Waals surface area contributed by atoms with Crippen molar-refractivity contribution in [2.45, 2.75) is 76.8 Å². The minimum atomic E-state index is 0.169. The van der Waals surface area contributed by atoms with Gasteiger partial charge in [0.05, 0.1) is 0 Å². The third-order valence-electron chi connectivity index (χ3n) is 8.11. The van der Waals surface area contributed by atoms with Crippen molar-refractivity contribution in [1.29, 1.82) is 0 Å². The molecule has 0 radical (unpaired) electrons. The van der Waals surface area contributed by atoms with E-state index >= 15 is 0 Å². The molecule has 0 bridgehead atoms. The summed E-state index contributed by atoms with van der Waals surface area (Å²) in [6.07, 6.45) is 12.8. The lowest BCUT2D eigenvalue weighted by Crippen LogP contribution is -2.51. The Kier molecular flexibility index (Phi) is 8.36. The van der Waals surface area contributed by atoms with Crippen LogP contribution in [-0.2, 0) is 0 Å². The Morgan fingerprint density at radius 3 is 2.44 bits per heavy atom. The highest BCUT2D eigenvalue weighted by molar-refractivity contribution is 5.94. The zero-order valence-corrected chi connectivity index (χ0v) is 21.9. The topological polar surface area (TPSA) is 64.6 Å². The summed E-state index contributed by atoms with van der Waals surface area (Å²) < 4.78 is 0. The van der Waals surface area contributed by atoms with E-state index in [-0.39, 0.29) is 5.91 Å². The maximum atomic E-state index is 13.2. The van der Waals surface area contributed by atoms with Crippen LogP contribution in [0.2, 0.25) is 0 Å². The number of carbonyl (C=O) groups is 1. The molecule has 4 heterocycles. The first-order valence-corrected chi connectivity index (χ1v) is 14.1. The van der Waals surface area contributed by atoms with Gasteiger partial charge in [0.15, 0.2) is 0 Å². The lowest BCUT2D eigenvalue weighted by atomic mass is 10.0. The molecule has 2 unspecified atom stereocenters. The Morgan fingerprint density at radius 1 is 0.861 bits per heavy atom. The lowest BCUT2D eigenvalue weighted by Gasteiger charge is -2.40. The van der Waals surface area contributed by atoms with Crippen molar-refractivity contribution >= 4 is 17.7 Å². The number of aryl methyl sites for hydroxylation is 1. The van der Waals surface area contributed by atoms with Crippen LogP contribution in [0.5, 0.6) is 0 Å². The van der Waals surface area contributed by atoms with Crippen LogP contribution in [0.3, 0.4) is 0 Å². The van der Waals surface area contributed by atoms with Crippen LogP contribution < -0.4 is 10.2 Å². The number of amides is 1. The fourth-order valence-corrected chi connectivity index (χ4v) is 6.01. The number of hydrogen-bond donors (Lipinski definition) is 1. The van der Waals surface area contributed by atoms with E-state index in [1.54, 1.807) is 0 Å². The van der Waals surface area contributed by atoms with Crippen molar-refractivity contribution in [2.24, 2.45) is 0 Å². The summed E-state index contributed by atoms with van der Waals surface area (Å²) >= 11 is 0. The second-order valence-corrected chi connectivity index (χ2v) is 10.9. The third-order valence-corrected chi connectivity index (χ3v) is 8.11. The van der Waals surface area contributed by atoms with Crippen LogP contribution in [0.15, 0.2) is 36.5 Å². The smallest absolute Gasteiger partial charge is 0.253 e. The second-order valence-electron chi connectivity index (χ2n) is 10.9. The van der Waals surface area contributed by atoms with Crippen LogP contribution >= 0.6 is 0 Å². The maximum absolute atomic E-state index is 13.2. The van der Waals surface area contributed by atoms with Gasteiger partial charge in [0.2, 0.25) is 5.95 Å². The number of hydrogen-bond acceptors (Lipinski definition) is 6. The zero-order chi connectivity index (χ0) is 24.7. The average Bonchev–Trinajstić information content (AvgIpc) is 3.33. The molecule has 0 aliphatic carbocycles. The van der Waals surface area contributed by atoms with Crippen molar-refractivity contribution in [1.82, 2.24) is 19.8 Å². The monoisotopic (exact) mass is 490 g/mol. The second kappa shape index (κ2) is 12.0. The highest BCUT2D eigenvalue weighted by Crippen LogP contribution is 2.24. The number of piperidine rings is 1. The highest BCUT2D eigenvalue weighted by Gasteiger charge is 2.31. The SMILES string of the molecule is Cc1ccc(C(=O)N2CCCC(N3CCCCC(Nc4nccc(N5CCCCCC5)n4)C3)C2)cc1. The van der Waals surface area contributed by atoms with Gasteiger partial charge in [-0.1, -0.05) is 37.0 Å². The summed E-state index contributed by atoms with van der Waals surface area (Å²) in [4.78, 5) is 29.8. The number of nitrogens with zero attached hydrogens (tertiary/aromatic N) is 5. The van der Waals surface area contributed by atoms with Crippen LogP contribution in [0.4, 0.5) is 11.8 Å². The molecule has 3 saturated heterocycles. The molecule has 5 rings (SSSR count). The molecule has 3 fully saturated rings. The fraction of sp³-hybridized carbons (Fsp3) is 0.621. The van der Waals surface area contributed by atoms with Gasteiger partial charge < -0.3 is 15.1 Å². The number of anilines is 2. The minimum absolute atomic E-state index is 0.169. The molecule has 3 aliphatic heterocycles. The van der Waals surface area contributed by atoms with E-state index in [0.717, 1.165) is 75.9 Å². The third kappa shape index (κ3) is 6.36. The summed E-state index contributed by atoms with van der Waals surface area (Å²) in [6.45, 7) is 8.00. The van der Waals surface area contributed by atoms with Crippen LogP contribution in [-0.4, -0.2) is 77.0 Å². The van der Waals surface area contributed by atoms with E-state index < -0.39 is 0 Å². The van der Waals surface area contributed by atoms with Gasteiger partial charge >= 0.3 is 0 Å².